The van der Waals surface area contributed by atoms with Crippen LogP contribution in [0.4, 0.5) is 11.4 Å². The summed E-state index contributed by atoms with van der Waals surface area (Å²) in [5.74, 6) is -0.554. The number of nitro groups is 1. The third-order valence-corrected chi connectivity index (χ3v) is 8.06. The summed E-state index contributed by atoms with van der Waals surface area (Å²) >= 11 is 0. The van der Waals surface area contributed by atoms with E-state index in [0.717, 1.165) is 5.69 Å². The fraction of sp³-hybridized carbons (Fsp3) is 0.588. The van der Waals surface area contributed by atoms with E-state index in [0.29, 0.717) is 12.1 Å². The number of nitrogens with one attached hydrogen (secondary N) is 1. The van der Waals surface area contributed by atoms with Crippen LogP contribution in [0.2, 0.25) is 18.1 Å². The van der Waals surface area contributed by atoms with Gasteiger partial charge in [0.1, 0.15) is 0 Å². The molecule has 7 heteroatoms. The maximum Gasteiger partial charge on any atom is 0.306 e. The molecular formula is C17H28N2O4Si. The first-order valence-corrected chi connectivity index (χ1v) is 11.0. The van der Waals surface area contributed by atoms with Crippen molar-refractivity contribution in [2.24, 2.45) is 0 Å². The van der Waals surface area contributed by atoms with Gasteiger partial charge in [0, 0.05) is 33.0 Å². The number of benzene rings is 1. The lowest BCUT2D eigenvalue weighted by Crippen LogP contribution is -2.11. The second-order valence-corrected chi connectivity index (χ2v) is 10.1. The van der Waals surface area contributed by atoms with Gasteiger partial charge in [-0.2, -0.15) is 0 Å². The highest BCUT2D eigenvalue weighted by Gasteiger charge is 2.31. The summed E-state index contributed by atoms with van der Waals surface area (Å²) in [5, 5.41) is 14.0. The number of hydrogen-bond donors (Lipinski definition) is 1. The Morgan fingerprint density at radius 2 is 1.96 bits per heavy atom. The third kappa shape index (κ3) is 5.33. The molecule has 0 amide bonds. The Balaban J connectivity index is 0.000000351. The van der Waals surface area contributed by atoms with Gasteiger partial charge in [-0.3, -0.25) is 14.9 Å². The molecule has 1 unspecified atom stereocenters. The molecule has 1 aromatic rings. The molecule has 0 aliphatic carbocycles. The first-order chi connectivity index (χ1) is 11.5. The zero-order valence-electron chi connectivity index (χ0n) is 15.0. The number of hydrogen-bond acceptors (Lipinski definition) is 5. The van der Waals surface area contributed by atoms with Gasteiger partial charge in [0.25, 0.3) is 5.69 Å². The van der Waals surface area contributed by atoms with Crippen LogP contribution in [0.5, 0.6) is 0 Å². The second-order valence-electron chi connectivity index (χ2n) is 5.94. The molecule has 0 spiro atoms. The van der Waals surface area contributed by atoms with Crippen molar-refractivity contribution in [3.63, 3.8) is 0 Å². The van der Waals surface area contributed by atoms with Gasteiger partial charge in [-0.15, -0.1) is 0 Å². The van der Waals surface area contributed by atoms with Crippen molar-refractivity contribution < 1.29 is 14.5 Å². The molecule has 134 valence electrons. The molecule has 1 aliphatic rings. The Kier molecular flexibility index (Phi) is 8.46. The fourth-order valence-electron chi connectivity index (χ4n) is 2.96. The second kappa shape index (κ2) is 10.1. The number of rotatable bonds is 6. The highest BCUT2D eigenvalue weighted by Crippen LogP contribution is 2.39. The summed E-state index contributed by atoms with van der Waals surface area (Å²) in [6, 6.07) is 9.34. The number of nitro benzene ring substituents is 1. The van der Waals surface area contributed by atoms with Gasteiger partial charge in [0.05, 0.1) is 24.0 Å². The van der Waals surface area contributed by atoms with Crippen LogP contribution in [0.1, 0.15) is 38.7 Å². The Morgan fingerprint density at radius 3 is 2.42 bits per heavy atom. The summed E-state index contributed by atoms with van der Waals surface area (Å²) in [5.41, 5.74) is 1.39. The van der Waals surface area contributed by atoms with Gasteiger partial charge in [-0.25, -0.2) is 0 Å². The zero-order valence-corrected chi connectivity index (χ0v) is 16.2. The van der Waals surface area contributed by atoms with Crippen LogP contribution in [0.15, 0.2) is 18.2 Å². The molecular weight excluding hydrogens is 324 g/mol. The van der Waals surface area contributed by atoms with E-state index >= 15 is 0 Å². The lowest BCUT2D eigenvalue weighted by Gasteiger charge is -2.08. The lowest BCUT2D eigenvalue weighted by atomic mass is 9.96. The zero-order chi connectivity index (χ0) is 18.1. The number of carbonyl (C=O) groups is 1. The smallest absolute Gasteiger partial charge is 0.306 e. The van der Waals surface area contributed by atoms with E-state index in [9.17, 15) is 14.9 Å². The fourth-order valence-corrected chi connectivity index (χ4v) is 4.69. The van der Waals surface area contributed by atoms with Crippen molar-refractivity contribution in [3.05, 3.63) is 33.9 Å². The lowest BCUT2D eigenvalue weighted by molar-refractivity contribution is -0.385. The molecule has 1 heterocycles. The van der Waals surface area contributed by atoms with E-state index in [2.05, 4.69) is 30.8 Å². The molecule has 1 aliphatic heterocycles. The summed E-state index contributed by atoms with van der Waals surface area (Å²) in [4.78, 5) is 21.7. The van der Waals surface area contributed by atoms with E-state index < -0.39 is 4.92 Å². The third-order valence-electron chi connectivity index (χ3n) is 4.60. The van der Waals surface area contributed by atoms with Crippen molar-refractivity contribution >= 4 is 26.1 Å². The van der Waals surface area contributed by atoms with Gasteiger partial charge in [-0.05, 0) is 6.07 Å². The topological polar surface area (TPSA) is 81.5 Å². The number of fused-ring (bicyclic) bond motifs is 1. The van der Waals surface area contributed by atoms with Crippen molar-refractivity contribution in [2.75, 3.05) is 19.0 Å². The van der Waals surface area contributed by atoms with Gasteiger partial charge in [0.2, 0.25) is 0 Å². The maximum atomic E-state index is 11.2. The predicted molar refractivity (Wildman–Crippen MR) is 99.6 cm³/mol. The average Bonchev–Trinajstić information content (AvgIpc) is 2.99. The number of methoxy groups -OCH3 is 1. The van der Waals surface area contributed by atoms with E-state index in [-0.39, 0.29) is 32.8 Å². The van der Waals surface area contributed by atoms with Gasteiger partial charge in [0.15, 0.2) is 0 Å². The number of esters is 1. The Morgan fingerprint density at radius 1 is 1.33 bits per heavy atom. The summed E-state index contributed by atoms with van der Waals surface area (Å²) in [7, 11) is 1.14. The standard InChI is InChI=1S/C11H12N2O4.C6H16Si/c1-17-10(14)5-7-6-12-8-3-2-4-9(11(7)8)13(15)16;1-4-7(5-2)6-3/h2-4,7,12H,5-6H2,1H3;7H,4-6H2,1-3H3. The Labute approximate surface area is 145 Å². The molecule has 0 aromatic heterocycles. The normalized spacial score (nSPS) is 15.1. The van der Waals surface area contributed by atoms with Crippen molar-refractivity contribution in [2.45, 2.75) is 51.2 Å². The molecule has 2 rings (SSSR count). The van der Waals surface area contributed by atoms with E-state index in [4.69, 9.17) is 0 Å². The highest BCUT2D eigenvalue weighted by atomic mass is 28.3. The number of nitrogens with zero attached hydrogens (tertiary/aromatic N) is 1. The summed E-state index contributed by atoms with van der Waals surface area (Å²) in [6.45, 7) is 7.49. The number of ether oxygens (including phenoxy) is 1. The van der Waals surface area contributed by atoms with Crippen LogP contribution in [0.25, 0.3) is 0 Å². The molecule has 0 bridgehead atoms. The molecule has 6 nitrogen and oxygen atoms in total. The first kappa shape index (κ1) is 20.2. The van der Waals surface area contributed by atoms with E-state index in [1.165, 1.54) is 31.3 Å². The van der Waals surface area contributed by atoms with Gasteiger partial charge >= 0.3 is 5.97 Å². The highest BCUT2D eigenvalue weighted by molar-refractivity contribution is 6.58. The van der Waals surface area contributed by atoms with Gasteiger partial charge in [-0.1, -0.05) is 45.0 Å². The van der Waals surface area contributed by atoms with E-state index in [1.807, 2.05) is 0 Å². The van der Waals surface area contributed by atoms with Crippen LogP contribution in [0.3, 0.4) is 0 Å². The quantitative estimate of drug-likeness (QED) is 0.363. The largest absolute Gasteiger partial charge is 0.469 e. The van der Waals surface area contributed by atoms with Crippen LogP contribution in [-0.4, -0.2) is 33.3 Å². The Hall–Kier alpha value is -1.89. The maximum absolute atomic E-state index is 11.2. The van der Waals surface area contributed by atoms with Crippen molar-refractivity contribution in [1.29, 1.82) is 0 Å². The van der Waals surface area contributed by atoms with Crippen LogP contribution in [-0.2, 0) is 9.53 Å². The molecule has 1 N–H and O–H groups in total. The monoisotopic (exact) mass is 352 g/mol. The molecule has 1 atom stereocenters. The minimum absolute atomic E-state index is 0.0569. The summed E-state index contributed by atoms with van der Waals surface area (Å²) in [6.07, 6.45) is 0.154. The molecule has 0 radical (unpaired) electrons. The molecule has 24 heavy (non-hydrogen) atoms. The molecule has 0 fully saturated rings. The first-order valence-electron chi connectivity index (χ1n) is 8.56. The van der Waals surface area contributed by atoms with Crippen LogP contribution >= 0.6 is 0 Å². The minimum Gasteiger partial charge on any atom is -0.469 e. The molecule has 0 saturated carbocycles. The molecule has 1 aromatic carbocycles. The summed E-state index contributed by atoms with van der Waals surface area (Å²) < 4.78 is 4.59. The number of anilines is 1. The van der Waals surface area contributed by atoms with Crippen LogP contribution in [0, 0.1) is 10.1 Å². The predicted octanol–water partition coefficient (Wildman–Crippen LogP) is 3.94. The Bertz CT molecular complexity index is 556. The van der Waals surface area contributed by atoms with Crippen molar-refractivity contribution in [3.8, 4) is 0 Å². The molecule has 0 saturated heterocycles. The van der Waals surface area contributed by atoms with Crippen molar-refractivity contribution in [1.82, 2.24) is 0 Å². The van der Waals surface area contributed by atoms with E-state index in [1.54, 1.807) is 12.1 Å². The number of carbonyl (C=O) groups excluding carboxylic acids is 1. The van der Waals surface area contributed by atoms with Gasteiger partial charge < -0.3 is 10.1 Å². The minimum atomic E-state index is -0.421. The van der Waals surface area contributed by atoms with Crippen LogP contribution < -0.4 is 5.32 Å². The average molecular weight is 353 g/mol. The SMILES string of the molecule is CC[SiH](CC)CC.COC(=O)CC1CNc2cccc([N+](=O)[O-])c21.